The van der Waals surface area contributed by atoms with Gasteiger partial charge in [-0.05, 0) is 35.8 Å². The van der Waals surface area contributed by atoms with Crippen molar-refractivity contribution >= 4 is 21.9 Å². The highest BCUT2D eigenvalue weighted by Crippen LogP contribution is 2.24. The van der Waals surface area contributed by atoms with Gasteiger partial charge in [0.05, 0.1) is 21.8 Å². The molecule has 0 aliphatic carbocycles. The van der Waals surface area contributed by atoms with E-state index in [1.54, 1.807) is 0 Å². The first-order chi connectivity index (χ1) is 7.99. The Kier molecular flexibility index (Phi) is 3.53. The van der Waals surface area contributed by atoms with E-state index in [0.717, 1.165) is 35.4 Å². The van der Waals surface area contributed by atoms with Gasteiger partial charge in [0, 0.05) is 20.1 Å². The molecule has 1 aromatic heterocycles. The van der Waals surface area contributed by atoms with E-state index in [1.165, 1.54) is 0 Å². The van der Waals surface area contributed by atoms with Crippen LogP contribution in [0, 0.1) is 12.8 Å². The van der Waals surface area contributed by atoms with Crippen LogP contribution in [0.5, 0.6) is 0 Å². The number of carboxylic acids is 1. The molecule has 0 saturated carbocycles. The van der Waals surface area contributed by atoms with E-state index in [4.69, 9.17) is 5.11 Å². The molecule has 0 spiro atoms. The number of carbonyl (C=O) groups is 1. The highest BCUT2D eigenvalue weighted by molar-refractivity contribution is 9.10. The predicted molar refractivity (Wildman–Crippen MR) is 66.7 cm³/mol. The predicted octanol–water partition coefficient (Wildman–Crippen LogP) is 1.40. The minimum atomic E-state index is -0.687. The molecule has 1 saturated heterocycles. The summed E-state index contributed by atoms with van der Waals surface area (Å²) in [5.74, 6) is -0.907. The summed E-state index contributed by atoms with van der Waals surface area (Å²) < 4.78 is 2.88. The molecule has 1 aliphatic heterocycles. The summed E-state index contributed by atoms with van der Waals surface area (Å²) in [6, 6.07) is 0. The van der Waals surface area contributed by atoms with E-state index in [1.807, 2.05) is 18.7 Å². The molecule has 1 fully saturated rings. The minimum Gasteiger partial charge on any atom is -0.481 e. The third-order valence-electron chi connectivity index (χ3n) is 3.26. The lowest BCUT2D eigenvalue weighted by atomic mass is 10.1. The fourth-order valence-corrected chi connectivity index (χ4v) is 2.70. The molecule has 2 rings (SSSR count). The molecule has 2 heterocycles. The summed E-state index contributed by atoms with van der Waals surface area (Å²) in [5, 5.41) is 13.3. The number of aliphatic carboxylic acids is 1. The smallest absolute Gasteiger partial charge is 0.307 e. The summed E-state index contributed by atoms with van der Waals surface area (Å²) in [6.07, 6.45) is 0.740. The van der Waals surface area contributed by atoms with Gasteiger partial charge in [-0.3, -0.25) is 14.4 Å². The number of rotatable bonds is 3. The number of aryl methyl sites for hydroxylation is 2. The van der Waals surface area contributed by atoms with E-state index < -0.39 is 5.97 Å². The molecule has 1 N–H and O–H groups in total. The Labute approximate surface area is 109 Å². The van der Waals surface area contributed by atoms with Gasteiger partial charge in [0.25, 0.3) is 0 Å². The van der Waals surface area contributed by atoms with Crippen LogP contribution in [0.25, 0.3) is 0 Å². The molecule has 1 atom stereocenters. The molecular weight excluding hydrogens is 286 g/mol. The molecule has 17 heavy (non-hydrogen) atoms. The molecule has 6 heteroatoms. The van der Waals surface area contributed by atoms with Crippen molar-refractivity contribution < 1.29 is 9.90 Å². The zero-order valence-corrected chi connectivity index (χ0v) is 11.6. The average Bonchev–Trinajstić information content (AvgIpc) is 2.80. The van der Waals surface area contributed by atoms with Crippen LogP contribution in [0.3, 0.4) is 0 Å². The molecule has 0 radical (unpaired) electrons. The Hall–Kier alpha value is -0.880. The van der Waals surface area contributed by atoms with Gasteiger partial charge >= 0.3 is 5.97 Å². The second kappa shape index (κ2) is 4.78. The maximum Gasteiger partial charge on any atom is 0.307 e. The molecule has 5 nitrogen and oxygen atoms in total. The molecule has 1 unspecified atom stereocenters. The molecule has 0 amide bonds. The molecule has 94 valence electrons. The fraction of sp³-hybridized carbons (Fsp3) is 0.636. The molecule has 0 bridgehead atoms. The standard InChI is InChI=1S/C11H16BrN3O2/c1-7-10(12)9(14(2)13-7)6-15-4-3-8(5-15)11(16)17/h8H,3-6H2,1-2H3,(H,16,17). The third kappa shape index (κ3) is 2.52. The highest BCUT2D eigenvalue weighted by Gasteiger charge is 2.28. The summed E-state index contributed by atoms with van der Waals surface area (Å²) in [6.45, 7) is 4.18. The normalized spacial score (nSPS) is 21.0. The molecule has 1 aromatic rings. The van der Waals surface area contributed by atoms with Crippen molar-refractivity contribution in [3.05, 3.63) is 15.9 Å². The lowest BCUT2D eigenvalue weighted by Crippen LogP contribution is -2.24. The number of aromatic nitrogens is 2. The van der Waals surface area contributed by atoms with Crippen molar-refractivity contribution in [1.29, 1.82) is 0 Å². The number of likely N-dealkylation sites (tertiary alicyclic amines) is 1. The van der Waals surface area contributed by atoms with E-state index in [-0.39, 0.29) is 5.92 Å². The van der Waals surface area contributed by atoms with Gasteiger partial charge in [0.15, 0.2) is 0 Å². The van der Waals surface area contributed by atoms with Crippen LogP contribution >= 0.6 is 15.9 Å². The number of hydrogen-bond donors (Lipinski definition) is 1. The second-order valence-electron chi connectivity index (χ2n) is 4.53. The number of carboxylic acid groups (broad SMARTS) is 1. The van der Waals surface area contributed by atoms with Crippen LogP contribution in [0.2, 0.25) is 0 Å². The van der Waals surface area contributed by atoms with Crippen molar-refractivity contribution in [3.63, 3.8) is 0 Å². The van der Waals surface area contributed by atoms with Gasteiger partial charge in [-0.1, -0.05) is 0 Å². The summed E-state index contributed by atoms with van der Waals surface area (Å²) >= 11 is 3.53. The Bertz CT molecular complexity index is 444. The Morgan fingerprint density at radius 2 is 2.35 bits per heavy atom. The third-order valence-corrected chi connectivity index (χ3v) is 4.29. The SMILES string of the molecule is Cc1nn(C)c(CN2CCC(C(=O)O)C2)c1Br. The Balaban J connectivity index is 2.05. The van der Waals surface area contributed by atoms with Crippen LogP contribution < -0.4 is 0 Å². The topological polar surface area (TPSA) is 58.4 Å². The van der Waals surface area contributed by atoms with Crippen LogP contribution in [0.4, 0.5) is 0 Å². The van der Waals surface area contributed by atoms with E-state index in [0.29, 0.717) is 6.54 Å². The van der Waals surface area contributed by atoms with Crippen molar-refractivity contribution in [2.45, 2.75) is 19.9 Å². The summed E-state index contributed by atoms with van der Waals surface area (Å²) in [5.41, 5.74) is 2.07. The van der Waals surface area contributed by atoms with E-state index in [2.05, 4.69) is 25.9 Å². The zero-order valence-electron chi connectivity index (χ0n) is 9.98. The van der Waals surface area contributed by atoms with Crippen LogP contribution in [-0.2, 0) is 18.4 Å². The van der Waals surface area contributed by atoms with Crippen molar-refractivity contribution in [1.82, 2.24) is 14.7 Å². The number of hydrogen-bond acceptors (Lipinski definition) is 3. The number of nitrogens with zero attached hydrogens (tertiary/aromatic N) is 3. The minimum absolute atomic E-state index is 0.219. The first-order valence-electron chi connectivity index (χ1n) is 5.62. The monoisotopic (exact) mass is 301 g/mol. The fourth-order valence-electron chi connectivity index (χ4n) is 2.24. The highest BCUT2D eigenvalue weighted by atomic mass is 79.9. The quantitative estimate of drug-likeness (QED) is 0.917. The lowest BCUT2D eigenvalue weighted by molar-refractivity contribution is -0.141. The van der Waals surface area contributed by atoms with Gasteiger partial charge in [0.1, 0.15) is 0 Å². The first kappa shape index (κ1) is 12.6. The first-order valence-corrected chi connectivity index (χ1v) is 6.41. The second-order valence-corrected chi connectivity index (χ2v) is 5.32. The molecule has 0 aromatic carbocycles. The van der Waals surface area contributed by atoms with Gasteiger partial charge < -0.3 is 5.11 Å². The molecule has 1 aliphatic rings. The van der Waals surface area contributed by atoms with Crippen LogP contribution in [-0.4, -0.2) is 38.8 Å². The van der Waals surface area contributed by atoms with Crippen LogP contribution in [0.1, 0.15) is 17.8 Å². The van der Waals surface area contributed by atoms with Crippen LogP contribution in [0.15, 0.2) is 4.47 Å². The number of halogens is 1. The maximum atomic E-state index is 10.9. The molecular formula is C11H16BrN3O2. The van der Waals surface area contributed by atoms with Crippen molar-refractivity contribution in [2.75, 3.05) is 13.1 Å². The van der Waals surface area contributed by atoms with Gasteiger partial charge in [-0.2, -0.15) is 5.10 Å². The van der Waals surface area contributed by atoms with Crippen molar-refractivity contribution in [2.24, 2.45) is 13.0 Å². The van der Waals surface area contributed by atoms with Gasteiger partial charge in [-0.15, -0.1) is 0 Å². The van der Waals surface area contributed by atoms with Gasteiger partial charge in [0.2, 0.25) is 0 Å². The lowest BCUT2D eigenvalue weighted by Gasteiger charge is -2.15. The zero-order chi connectivity index (χ0) is 12.6. The maximum absolute atomic E-state index is 10.9. The summed E-state index contributed by atoms with van der Waals surface area (Å²) in [7, 11) is 1.91. The van der Waals surface area contributed by atoms with E-state index in [9.17, 15) is 4.79 Å². The largest absolute Gasteiger partial charge is 0.481 e. The van der Waals surface area contributed by atoms with Gasteiger partial charge in [-0.25, -0.2) is 0 Å². The van der Waals surface area contributed by atoms with Crippen molar-refractivity contribution in [3.8, 4) is 0 Å². The summed E-state index contributed by atoms with van der Waals surface area (Å²) in [4.78, 5) is 13.1. The average molecular weight is 302 g/mol. The van der Waals surface area contributed by atoms with E-state index >= 15 is 0 Å². The Morgan fingerprint density at radius 1 is 1.65 bits per heavy atom. The Morgan fingerprint density at radius 3 is 2.82 bits per heavy atom.